The van der Waals surface area contributed by atoms with Gasteiger partial charge in [0.15, 0.2) is 0 Å². The molecule has 650 valence electrons. The summed E-state index contributed by atoms with van der Waals surface area (Å²) in [5.41, 5.74) is 14.3. The van der Waals surface area contributed by atoms with Crippen LogP contribution in [0.2, 0.25) is 5.02 Å². The Morgan fingerprint density at radius 2 is 1.01 bits per heavy atom. The summed E-state index contributed by atoms with van der Waals surface area (Å²) < 4.78 is 5.55. The molecule has 35 nitrogen and oxygen atoms in total. The zero-order valence-electron chi connectivity index (χ0n) is 68.3. The number of aliphatic carboxylic acids is 2. The molecule has 6 aromatic rings. The van der Waals surface area contributed by atoms with Gasteiger partial charge in [0, 0.05) is 87.4 Å². The highest BCUT2D eigenvalue weighted by atomic mass is 35.5. The molecule has 3 heterocycles. The lowest BCUT2D eigenvalue weighted by atomic mass is 9.99. The number of fused-ring (bicyclic) bond motifs is 1. The predicted octanol–water partition coefficient (Wildman–Crippen LogP) is 1.85. The van der Waals surface area contributed by atoms with Gasteiger partial charge in [-0.3, -0.25) is 67.4 Å². The number of unbranched alkanes of at least 4 members (excludes halogenated alkanes) is 1. The van der Waals surface area contributed by atoms with E-state index in [9.17, 15) is 53.7 Å². The van der Waals surface area contributed by atoms with Crippen LogP contribution < -0.4 is 70.0 Å². The van der Waals surface area contributed by atoms with Gasteiger partial charge in [0.1, 0.15) is 73.5 Å². The Balaban J connectivity index is 1.11. The van der Waals surface area contributed by atoms with E-state index < -0.39 is 170 Å². The first-order valence-electron chi connectivity index (χ1n) is 40.3. The first-order chi connectivity index (χ1) is 57.8. The number of halogens is 1. The smallest absolute Gasteiger partial charge is 0.323 e. The van der Waals surface area contributed by atoms with E-state index in [0.717, 1.165) is 16.3 Å². The summed E-state index contributed by atoms with van der Waals surface area (Å²) in [6.45, 7) is 9.51. The highest BCUT2D eigenvalue weighted by molar-refractivity contribution is 6.30. The molecule has 5 aromatic carbocycles. The van der Waals surface area contributed by atoms with Crippen LogP contribution in [0.3, 0.4) is 0 Å². The van der Waals surface area contributed by atoms with Gasteiger partial charge in [0.25, 0.3) is 0 Å². The quantitative estimate of drug-likeness (QED) is 0.0243. The summed E-state index contributed by atoms with van der Waals surface area (Å²) in [5, 5.41) is 62.2. The topological polar surface area (TPSA) is 516 Å². The van der Waals surface area contributed by atoms with E-state index in [2.05, 4.69) is 68.4 Å². The number of nitrogens with two attached hydrogens (primary N) is 2. The van der Waals surface area contributed by atoms with Gasteiger partial charge in [-0.1, -0.05) is 136 Å². The van der Waals surface area contributed by atoms with E-state index in [4.69, 9.17) is 27.8 Å². The first kappa shape index (κ1) is 94.3. The first-order valence-corrected chi connectivity index (χ1v) is 40.7. The number of carboxylic acids is 2. The molecular formula is C85H110ClN17O18. The Kier molecular flexibility index (Phi) is 36.6. The number of carbonyl (C=O) groups excluding carboxylic acids is 12. The van der Waals surface area contributed by atoms with Gasteiger partial charge in [-0.05, 0) is 132 Å². The molecule has 18 N–H and O–H groups in total. The van der Waals surface area contributed by atoms with Gasteiger partial charge in [0.2, 0.25) is 59.1 Å². The molecule has 0 unspecified atom stereocenters. The minimum Gasteiger partial charge on any atom is -0.480 e. The summed E-state index contributed by atoms with van der Waals surface area (Å²) in [4.78, 5) is 204. The summed E-state index contributed by atoms with van der Waals surface area (Å²) in [6, 6.07) is 18.8. The average molecular weight is 1690 g/mol. The van der Waals surface area contributed by atoms with E-state index in [0.29, 0.717) is 90.8 Å². The van der Waals surface area contributed by atoms with E-state index in [1.807, 2.05) is 62.4 Å². The van der Waals surface area contributed by atoms with Crippen molar-refractivity contribution < 1.29 is 87.2 Å². The zero-order valence-corrected chi connectivity index (χ0v) is 69.1. The van der Waals surface area contributed by atoms with E-state index in [1.54, 1.807) is 68.4 Å². The number of carboxylic acid groups (broad SMARTS) is 2. The van der Waals surface area contributed by atoms with Crippen LogP contribution in [0.15, 0.2) is 140 Å². The lowest BCUT2D eigenvalue weighted by Crippen LogP contribution is -2.62. The largest absolute Gasteiger partial charge is 0.480 e. The van der Waals surface area contributed by atoms with Crippen LogP contribution >= 0.6 is 11.6 Å². The van der Waals surface area contributed by atoms with Gasteiger partial charge in [-0.15, -0.1) is 0 Å². The molecule has 2 saturated heterocycles. The molecule has 14 amide bonds. The van der Waals surface area contributed by atoms with E-state index in [-0.39, 0.29) is 74.7 Å². The predicted molar refractivity (Wildman–Crippen MR) is 448 cm³/mol. The number of hydrogen-bond donors (Lipinski definition) is 16. The number of nitrogens with zero attached hydrogens (tertiary/aromatic N) is 4. The highest BCUT2D eigenvalue weighted by Crippen LogP contribution is 2.24. The number of aromatic nitrogens is 1. The minimum atomic E-state index is -1.90. The van der Waals surface area contributed by atoms with Crippen molar-refractivity contribution in [2.24, 2.45) is 17.4 Å². The molecule has 0 aliphatic carbocycles. The van der Waals surface area contributed by atoms with Crippen molar-refractivity contribution >= 4 is 111 Å². The molecule has 2 aliphatic rings. The van der Waals surface area contributed by atoms with Crippen LogP contribution in [0.5, 0.6) is 0 Å². The molecule has 121 heavy (non-hydrogen) atoms. The van der Waals surface area contributed by atoms with Gasteiger partial charge in [0.05, 0.1) is 19.8 Å². The second kappa shape index (κ2) is 47.0. The summed E-state index contributed by atoms with van der Waals surface area (Å²) in [7, 11) is 0. The molecule has 36 heteroatoms. The second-order valence-corrected chi connectivity index (χ2v) is 31.3. The zero-order chi connectivity index (χ0) is 87.8. The van der Waals surface area contributed by atoms with Crippen molar-refractivity contribution in [3.63, 3.8) is 0 Å². The number of ether oxygens (including phenoxy) is 1. The number of aliphatic hydroxyl groups excluding tert-OH is 1. The number of urea groups is 2. The fourth-order valence-corrected chi connectivity index (χ4v) is 14.1. The number of aliphatic hydroxyl groups is 1. The summed E-state index contributed by atoms with van der Waals surface area (Å²) >= 11 is 6.27. The molecule has 0 bridgehead atoms. The maximum absolute atomic E-state index is 15.6. The van der Waals surface area contributed by atoms with Crippen LogP contribution in [-0.2, 0) is 101 Å². The Labute approximate surface area is 706 Å². The van der Waals surface area contributed by atoms with Crippen molar-refractivity contribution in [3.05, 3.63) is 178 Å². The number of carbonyl (C=O) groups is 14. The normalized spacial score (nSPS) is 15.6. The van der Waals surface area contributed by atoms with Gasteiger partial charge >= 0.3 is 24.0 Å². The van der Waals surface area contributed by atoms with Crippen LogP contribution in [0.4, 0.5) is 15.3 Å². The van der Waals surface area contributed by atoms with Gasteiger partial charge < -0.3 is 99.8 Å². The molecule has 8 rings (SSSR count). The number of nitrogens with one attached hydrogen (secondary N) is 11. The molecule has 2 fully saturated rings. The van der Waals surface area contributed by atoms with Crippen molar-refractivity contribution in [2.75, 3.05) is 64.4 Å². The van der Waals surface area contributed by atoms with Crippen LogP contribution in [0.25, 0.3) is 10.8 Å². The standard InChI is InChI=1S/C85H110ClN17O18/c1-50(2)38-64(75(110)93-63(15-8-9-32-90-51(3)4)83(118)103-33-11-16-71(103)82(117)91-52(5)74(87)109)94-76(111)66(42-55-24-29-62(30-25-55)92-85(120)102(47-72(105)106)48-73(107)108)95-78(113)67(40-53-17-19-56(20-18-53)46-101-34-36-121-37-35-101)98-81(116)70(49-104)99-79(114)68(44-58-12-10-31-89-45-58)97-77(112)65(41-54-22-27-61(86)28-23-54)96-80(115)69(100-84(88)119)43-57-21-26-59-13-6-7-14-60(59)39-57/h6-7,10,12-14,17-31,39,45,50-52,63-71,90,104H,8-9,11,15-16,32-38,40-44,46-49H2,1-5H3,(H2,87,109)(H,91,117)(H,92,120)(H,93,110)(H,94,111)(H,95,113)(H,96,115)(H,97,112)(H,98,116)(H,99,114)(H,105,106)(H,107,108)(H3,88,100,119)/t52-,63+,64+,65-,66-,67+,68-,69-,70+,71+/m1/s1. The molecule has 0 spiro atoms. The third-order valence-corrected chi connectivity index (χ3v) is 20.6. The Morgan fingerprint density at radius 1 is 0.529 bits per heavy atom. The van der Waals surface area contributed by atoms with E-state index >= 15 is 28.8 Å². The third-order valence-electron chi connectivity index (χ3n) is 20.4. The summed E-state index contributed by atoms with van der Waals surface area (Å²) in [6.07, 6.45) is 3.33. The van der Waals surface area contributed by atoms with E-state index in [1.165, 1.54) is 48.5 Å². The van der Waals surface area contributed by atoms with Gasteiger partial charge in [-0.25, -0.2) is 9.59 Å². The lowest BCUT2D eigenvalue weighted by Gasteiger charge is -2.31. The Hall–Kier alpha value is -12.2. The molecule has 0 radical (unpaired) electrons. The van der Waals surface area contributed by atoms with Crippen molar-refractivity contribution in [1.29, 1.82) is 0 Å². The lowest BCUT2D eigenvalue weighted by molar-refractivity contribution is -0.142. The Morgan fingerprint density at radius 3 is 1.53 bits per heavy atom. The number of anilines is 1. The molecule has 0 saturated carbocycles. The number of hydrogen-bond acceptors (Lipinski definition) is 19. The molecular weight excluding hydrogens is 1580 g/mol. The van der Waals surface area contributed by atoms with Crippen LogP contribution in [-0.4, -0.2) is 244 Å². The van der Waals surface area contributed by atoms with Crippen molar-refractivity contribution in [1.82, 2.24) is 72.9 Å². The van der Waals surface area contributed by atoms with Crippen LogP contribution in [0, 0.1) is 5.92 Å². The summed E-state index contributed by atoms with van der Waals surface area (Å²) in [5.74, 6) is -12.0. The average Bonchev–Trinajstić information content (AvgIpc) is 1.81. The number of likely N-dealkylation sites (tertiary alicyclic amines) is 1. The van der Waals surface area contributed by atoms with Crippen molar-refractivity contribution in [3.8, 4) is 0 Å². The number of pyridine rings is 1. The maximum atomic E-state index is 15.6. The molecule has 10 atom stereocenters. The number of amides is 14. The molecule has 2 aliphatic heterocycles. The number of benzene rings is 5. The fraction of sp³-hybridized carbons (Fsp3) is 0.447. The van der Waals surface area contributed by atoms with Crippen molar-refractivity contribution in [2.45, 2.75) is 178 Å². The third kappa shape index (κ3) is 30.9. The fourth-order valence-electron chi connectivity index (χ4n) is 14.0. The Bertz CT molecular complexity index is 4550. The minimum absolute atomic E-state index is 0.0436. The number of rotatable bonds is 45. The van der Waals surface area contributed by atoms with Gasteiger partial charge in [-0.2, -0.15) is 0 Å². The maximum Gasteiger partial charge on any atom is 0.323 e. The van der Waals surface area contributed by atoms with Crippen LogP contribution in [0.1, 0.15) is 107 Å². The monoisotopic (exact) mass is 1690 g/mol. The molecule has 1 aromatic heterocycles. The number of morpholine rings is 1. The SMILES string of the molecule is CC(C)C[C@H](NC(=O)[C@@H](Cc1ccc(NC(=O)N(CC(=O)O)CC(=O)O)cc1)NC(=O)[C@H](Cc1ccc(CN2CCOCC2)cc1)NC(=O)[C@H](CO)NC(=O)[C@@H](Cc1cccnc1)NC(=O)[C@@H](Cc1ccc(Cl)cc1)NC(=O)[C@@H](Cc1ccc2ccccc2c1)NC(N)=O)C(=O)N[C@@H](CCCCNC(C)C)C(=O)N1CCC[C@H]1C(=O)N[C@H](C)C(N)=O. The second-order valence-electron chi connectivity index (χ2n) is 30.9. The number of primary amides is 2. The highest BCUT2D eigenvalue weighted by Gasteiger charge is 2.41.